The van der Waals surface area contributed by atoms with Crippen molar-refractivity contribution in [2.75, 3.05) is 11.4 Å². The van der Waals surface area contributed by atoms with Crippen molar-refractivity contribution in [3.05, 3.63) is 41.0 Å². The summed E-state index contributed by atoms with van der Waals surface area (Å²) in [6.07, 6.45) is 0.690. The lowest BCUT2D eigenvalue weighted by molar-refractivity contribution is 0.241. The third kappa shape index (κ3) is 4.09. The van der Waals surface area contributed by atoms with Crippen LogP contribution in [-0.2, 0) is 0 Å². The van der Waals surface area contributed by atoms with E-state index >= 15 is 0 Å². The van der Waals surface area contributed by atoms with E-state index in [2.05, 4.69) is 21.5 Å². The number of nitrogens with zero attached hydrogens (tertiary/aromatic N) is 3. The molecule has 2 amide bonds. The average Bonchev–Trinajstić information content (AvgIpc) is 2.91. The monoisotopic (exact) mass is 316 g/mol. The van der Waals surface area contributed by atoms with Crippen LogP contribution in [0.5, 0.6) is 0 Å². The van der Waals surface area contributed by atoms with Crippen LogP contribution in [0, 0.1) is 20.8 Å². The molecule has 124 valence electrons. The van der Waals surface area contributed by atoms with Gasteiger partial charge in [-0.2, -0.15) is 4.98 Å². The molecule has 1 N–H and O–H groups in total. The van der Waals surface area contributed by atoms with Gasteiger partial charge in [0.1, 0.15) is 0 Å². The fourth-order valence-electron chi connectivity index (χ4n) is 2.58. The van der Waals surface area contributed by atoms with E-state index in [4.69, 9.17) is 4.52 Å². The van der Waals surface area contributed by atoms with Crippen LogP contribution >= 0.6 is 0 Å². The van der Waals surface area contributed by atoms with Gasteiger partial charge in [-0.15, -0.1) is 0 Å². The molecule has 0 unspecified atom stereocenters. The molecule has 0 aliphatic carbocycles. The van der Waals surface area contributed by atoms with E-state index in [1.165, 1.54) is 0 Å². The summed E-state index contributed by atoms with van der Waals surface area (Å²) in [6, 6.07) is 5.68. The van der Waals surface area contributed by atoms with Crippen LogP contribution in [0.15, 0.2) is 22.7 Å². The van der Waals surface area contributed by atoms with Gasteiger partial charge in [0.2, 0.25) is 5.89 Å². The number of anilines is 1. The Morgan fingerprint density at radius 3 is 2.35 bits per heavy atom. The molecule has 1 aromatic heterocycles. The van der Waals surface area contributed by atoms with Crippen molar-refractivity contribution in [1.82, 2.24) is 15.5 Å². The van der Waals surface area contributed by atoms with E-state index in [1.54, 1.807) is 11.8 Å². The number of benzene rings is 1. The lowest BCUT2D eigenvalue weighted by Crippen LogP contribution is -2.42. The molecule has 0 radical (unpaired) electrons. The molecular formula is C17H24N4O2. The van der Waals surface area contributed by atoms with Gasteiger partial charge in [0.05, 0.1) is 6.04 Å². The third-order valence-electron chi connectivity index (χ3n) is 3.64. The first kappa shape index (κ1) is 17.0. The molecule has 0 saturated heterocycles. The first-order valence-corrected chi connectivity index (χ1v) is 7.91. The topological polar surface area (TPSA) is 71.3 Å². The molecule has 0 spiro atoms. The summed E-state index contributed by atoms with van der Waals surface area (Å²) < 4.78 is 5.01. The first-order chi connectivity index (χ1) is 10.9. The predicted octanol–water partition coefficient (Wildman–Crippen LogP) is 3.68. The maximum absolute atomic E-state index is 12.7. The second-order valence-electron chi connectivity index (χ2n) is 5.67. The Balaban J connectivity index is 2.18. The van der Waals surface area contributed by atoms with Crippen LogP contribution in [-0.4, -0.2) is 22.7 Å². The molecular weight excluding hydrogens is 292 g/mol. The summed E-state index contributed by atoms with van der Waals surface area (Å²) in [4.78, 5) is 18.6. The molecule has 23 heavy (non-hydrogen) atoms. The van der Waals surface area contributed by atoms with E-state index in [0.717, 1.165) is 16.8 Å². The van der Waals surface area contributed by atoms with Crippen LogP contribution in [0.2, 0.25) is 0 Å². The number of carbonyl (C=O) groups excluding carboxylic acids is 1. The zero-order valence-corrected chi connectivity index (χ0v) is 14.4. The maximum atomic E-state index is 12.7. The predicted molar refractivity (Wildman–Crippen MR) is 89.5 cm³/mol. The summed E-state index contributed by atoms with van der Waals surface area (Å²) in [5.41, 5.74) is 3.15. The Kier molecular flexibility index (Phi) is 5.36. The minimum absolute atomic E-state index is 0.160. The first-order valence-electron chi connectivity index (χ1n) is 7.91. The SMILES string of the molecule is CC[C@@H](NC(=O)N(CC)c1cc(C)cc(C)c1)c1noc(C)n1. The van der Waals surface area contributed by atoms with Crippen LogP contribution in [0.3, 0.4) is 0 Å². The summed E-state index contributed by atoms with van der Waals surface area (Å²) >= 11 is 0. The van der Waals surface area contributed by atoms with Crippen molar-refractivity contribution in [1.29, 1.82) is 0 Å². The number of aromatic nitrogens is 2. The van der Waals surface area contributed by atoms with Crippen LogP contribution in [0.1, 0.15) is 49.2 Å². The van der Waals surface area contributed by atoms with Crippen molar-refractivity contribution < 1.29 is 9.32 Å². The normalized spacial score (nSPS) is 12.0. The van der Waals surface area contributed by atoms with Crippen molar-refractivity contribution >= 4 is 11.7 Å². The van der Waals surface area contributed by atoms with Gasteiger partial charge in [-0.3, -0.25) is 4.90 Å². The maximum Gasteiger partial charge on any atom is 0.322 e. The summed E-state index contributed by atoms with van der Waals surface area (Å²) in [6.45, 7) is 10.3. The Hall–Kier alpha value is -2.37. The van der Waals surface area contributed by atoms with Crippen molar-refractivity contribution in [3.63, 3.8) is 0 Å². The van der Waals surface area contributed by atoms with Gasteiger partial charge in [-0.1, -0.05) is 18.1 Å². The zero-order chi connectivity index (χ0) is 17.0. The highest BCUT2D eigenvalue weighted by Crippen LogP contribution is 2.20. The third-order valence-corrected chi connectivity index (χ3v) is 3.64. The molecule has 1 heterocycles. The van der Waals surface area contributed by atoms with Gasteiger partial charge in [0, 0.05) is 19.2 Å². The van der Waals surface area contributed by atoms with Crippen molar-refractivity contribution in [2.45, 2.75) is 47.1 Å². The molecule has 6 heteroatoms. The quantitative estimate of drug-likeness (QED) is 0.913. The number of urea groups is 1. The number of rotatable bonds is 5. The summed E-state index contributed by atoms with van der Waals surface area (Å²) in [5.74, 6) is 1.00. The molecule has 1 atom stereocenters. The Morgan fingerprint density at radius 1 is 1.22 bits per heavy atom. The van der Waals surface area contributed by atoms with E-state index in [1.807, 2.05) is 39.8 Å². The van der Waals surface area contributed by atoms with Gasteiger partial charge < -0.3 is 9.84 Å². The highest BCUT2D eigenvalue weighted by atomic mass is 16.5. The summed E-state index contributed by atoms with van der Waals surface area (Å²) in [5, 5.41) is 6.89. The Morgan fingerprint density at radius 2 is 1.87 bits per heavy atom. The highest BCUT2D eigenvalue weighted by Gasteiger charge is 2.22. The Bertz CT molecular complexity index is 661. The number of carbonyl (C=O) groups is 1. The van der Waals surface area contributed by atoms with E-state index < -0.39 is 0 Å². The zero-order valence-electron chi connectivity index (χ0n) is 14.4. The van der Waals surface area contributed by atoms with Crippen molar-refractivity contribution in [2.24, 2.45) is 0 Å². The molecule has 2 rings (SSSR count). The lowest BCUT2D eigenvalue weighted by atomic mass is 10.1. The smallest absolute Gasteiger partial charge is 0.322 e. The lowest BCUT2D eigenvalue weighted by Gasteiger charge is -2.24. The highest BCUT2D eigenvalue weighted by molar-refractivity contribution is 5.92. The van der Waals surface area contributed by atoms with Crippen LogP contribution in [0.4, 0.5) is 10.5 Å². The summed E-state index contributed by atoms with van der Waals surface area (Å²) in [7, 11) is 0. The number of nitrogens with one attached hydrogen (secondary N) is 1. The molecule has 2 aromatic rings. The fourth-order valence-corrected chi connectivity index (χ4v) is 2.58. The fraction of sp³-hybridized carbons (Fsp3) is 0.471. The molecule has 0 fully saturated rings. The van der Waals surface area contributed by atoms with E-state index in [9.17, 15) is 4.79 Å². The molecule has 0 aliphatic rings. The van der Waals surface area contributed by atoms with Crippen LogP contribution in [0.25, 0.3) is 0 Å². The second kappa shape index (κ2) is 7.26. The number of hydrogen-bond acceptors (Lipinski definition) is 4. The van der Waals surface area contributed by atoms with E-state index in [0.29, 0.717) is 24.7 Å². The van der Waals surface area contributed by atoms with Gasteiger partial charge in [-0.05, 0) is 50.5 Å². The van der Waals surface area contributed by atoms with Gasteiger partial charge in [-0.25, -0.2) is 4.79 Å². The minimum atomic E-state index is -0.264. The molecule has 6 nitrogen and oxygen atoms in total. The Labute approximate surface area is 136 Å². The molecule has 0 aliphatic heterocycles. The number of amides is 2. The number of aryl methyl sites for hydroxylation is 3. The molecule has 0 bridgehead atoms. The molecule has 0 saturated carbocycles. The second-order valence-corrected chi connectivity index (χ2v) is 5.67. The van der Waals surface area contributed by atoms with Crippen molar-refractivity contribution in [3.8, 4) is 0 Å². The van der Waals surface area contributed by atoms with Crippen LogP contribution < -0.4 is 10.2 Å². The minimum Gasteiger partial charge on any atom is -0.340 e. The molecule has 1 aromatic carbocycles. The average molecular weight is 316 g/mol. The standard InChI is InChI=1S/C17H24N4O2/c1-6-15(16-18-13(5)23-20-16)19-17(22)21(7-2)14-9-11(3)8-12(4)10-14/h8-10,15H,6-7H2,1-5H3,(H,19,22)/t15-/m1/s1. The largest absolute Gasteiger partial charge is 0.340 e. The van der Waals surface area contributed by atoms with E-state index in [-0.39, 0.29) is 12.1 Å². The number of hydrogen-bond donors (Lipinski definition) is 1. The van der Waals surface area contributed by atoms with Gasteiger partial charge >= 0.3 is 6.03 Å². The van der Waals surface area contributed by atoms with Gasteiger partial charge in [0.15, 0.2) is 5.82 Å². The van der Waals surface area contributed by atoms with Gasteiger partial charge in [0.25, 0.3) is 0 Å².